The van der Waals surface area contributed by atoms with Gasteiger partial charge in [0.2, 0.25) is 0 Å². The van der Waals surface area contributed by atoms with Crippen molar-refractivity contribution in [3.05, 3.63) is 69.3 Å². The van der Waals surface area contributed by atoms with Crippen LogP contribution in [-0.2, 0) is 11.3 Å². The maximum atomic E-state index is 12.1. The van der Waals surface area contributed by atoms with Crippen molar-refractivity contribution in [3.63, 3.8) is 0 Å². The summed E-state index contributed by atoms with van der Waals surface area (Å²) in [5.41, 5.74) is 1.47. The number of carbonyl (C=O) groups is 1. The van der Waals surface area contributed by atoms with Gasteiger partial charge in [0.25, 0.3) is 5.69 Å². The summed E-state index contributed by atoms with van der Waals surface area (Å²) in [4.78, 5) is 24.3. The molecule has 2 aromatic rings. The molecule has 0 heterocycles. The van der Waals surface area contributed by atoms with E-state index in [0.717, 1.165) is 0 Å². The number of benzene rings is 2. The summed E-state index contributed by atoms with van der Waals surface area (Å²) in [7, 11) is 3.37. The molecule has 0 unspecified atom stereocenters. The van der Waals surface area contributed by atoms with Crippen LogP contribution in [0.3, 0.4) is 0 Å². The van der Waals surface area contributed by atoms with Gasteiger partial charge in [-0.2, -0.15) is 5.26 Å². The highest BCUT2D eigenvalue weighted by atomic mass is 16.6. The molecule has 0 aliphatic carbocycles. The Morgan fingerprint density at radius 1 is 1.29 bits per heavy atom. The molecule has 2 rings (SSSR count). The molecule has 0 atom stereocenters. The number of hydrogen-bond acceptors (Lipinski definition) is 6. The van der Waals surface area contributed by atoms with Gasteiger partial charge >= 0.3 is 5.97 Å². The molecule has 122 valence electrons. The summed E-state index contributed by atoms with van der Waals surface area (Å²) >= 11 is 0. The van der Waals surface area contributed by atoms with Crippen molar-refractivity contribution in [1.29, 1.82) is 5.26 Å². The molecule has 0 spiro atoms. The number of rotatable bonds is 5. The highest BCUT2D eigenvalue weighted by Gasteiger charge is 2.19. The highest BCUT2D eigenvalue weighted by Crippen LogP contribution is 2.28. The van der Waals surface area contributed by atoms with E-state index in [0.29, 0.717) is 16.8 Å². The number of nitro benzene ring substituents is 1. The lowest BCUT2D eigenvalue weighted by Gasteiger charge is -2.13. The van der Waals surface area contributed by atoms with Crippen LogP contribution in [0.5, 0.6) is 0 Å². The van der Waals surface area contributed by atoms with E-state index in [1.165, 1.54) is 18.2 Å². The largest absolute Gasteiger partial charge is 0.457 e. The van der Waals surface area contributed by atoms with Crippen LogP contribution in [0.15, 0.2) is 42.5 Å². The fourth-order valence-corrected chi connectivity index (χ4v) is 2.14. The third-order valence-electron chi connectivity index (χ3n) is 3.32. The van der Waals surface area contributed by atoms with Gasteiger partial charge in [0, 0.05) is 20.2 Å². The lowest BCUT2D eigenvalue weighted by molar-refractivity contribution is -0.384. The van der Waals surface area contributed by atoms with Crippen LogP contribution < -0.4 is 4.90 Å². The van der Waals surface area contributed by atoms with Crippen LogP contribution >= 0.6 is 0 Å². The zero-order valence-corrected chi connectivity index (χ0v) is 13.2. The summed E-state index contributed by atoms with van der Waals surface area (Å²) in [5, 5.41) is 20.0. The Hall–Kier alpha value is -3.40. The second-order valence-corrected chi connectivity index (χ2v) is 5.24. The normalized spacial score (nSPS) is 9.88. The van der Waals surface area contributed by atoms with Crippen LogP contribution in [0.1, 0.15) is 21.5 Å². The zero-order valence-electron chi connectivity index (χ0n) is 13.2. The average Bonchev–Trinajstić information content (AvgIpc) is 2.59. The van der Waals surface area contributed by atoms with Gasteiger partial charge in [0.1, 0.15) is 12.3 Å². The number of esters is 1. The second kappa shape index (κ2) is 7.24. The summed E-state index contributed by atoms with van der Waals surface area (Å²) in [5.74, 6) is -0.661. The van der Waals surface area contributed by atoms with Crippen LogP contribution in [0.25, 0.3) is 0 Å². The first kappa shape index (κ1) is 17.0. The van der Waals surface area contributed by atoms with E-state index in [9.17, 15) is 14.9 Å². The molecular weight excluding hydrogens is 310 g/mol. The van der Waals surface area contributed by atoms with Gasteiger partial charge in [-0.15, -0.1) is 0 Å². The summed E-state index contributed by atoms with van der Waals surface area (Å²) in [6.45, 7) is -0.0163. The number of anilines is 1. The van der Waals surface area contributed by atoms with E-state index in [1.54, 1.807) is 43.3 Å². The molecule has 0 amide bonds. The molecule has 7 nitrogen and oxygen atoms in total. The lowest BCUT2D eigenvalue weighted by Crippen LogP contribution is -2.12. The second-order valence-electron chi connectivity index (χ2n) is 5.24. The topological polar surface area (TPSA) is 96.5 Å². The fourth-order valence-electron chi connectivity index (χ4n) is 2.14. The van der Waals surface area contributed by atoms with Crippen molar-refractivity contribution in [1.82, 2.24) is 0 Å². The first-order valence-electron chi connectivity index (χ1n) is 7.04. The van der Waals surface area contributed by atoms with Gasteiger partial charge in [-0.3, -0.25) is 10.1 Å². The van der Waals surface area contributed by atoms with E-state index in [4.69, 9.17) is 10.00 Å². The van der Waals surface area contributed by atoms with Crippen LogP contribution in [-0.4, -0.2) is 25.0 Å². The molecule has 0 fully saturated rings. The average molecular weight is 325 g/mol. The molecule has 0 aliphatic heterocycles. The Kier molecular flexibility index (Phi) is 5.12. The molecule has 0 N–H and O–H groups in total. The maximum absolute atomic E-state index is 12.1. The lowest BCUT2D eigenvalue weighted by atomic mass is 10.1. The number of hydrogen-bond donors (Lipinski definition) is 0. The Labute approximate surface area is 138 Å². The van der Waals surface area contributed by atoms with E-state index in [-0.39, 0.29) is 17.9 Å². The molecule has 24 heavy (non-hydrogen) atoms. The van der Waals surface area contributed by atoms with Gasteiger partial charge < -0.3 is 9.64 Å². The predicted octanol–water partition coefficient (Wildman–Crippen LogP) is 2.89. The first-order chi connectivity index (χ1) is 11.4. The third-order valence-corrected chi connectivity index (χ3v) is 3.32. The van der Waals surface area contributed by atoms with Gasteiger partial charge in [-0.25, -0.2) is 4.79 Å². The van der Waals surface area contributed by atoms with Gasteiger partial charge in [-0.1, -0.05) is 12.1 Å². The monoisotopic (exact) mass is 325 g/mol. The highest BCUT2D eigenvalue weighted by molar-refractivity contribution is 5.91. The van der Waals surface area contributed by atoms with Crippen LogP contribution in [0, 0.1) is 21.4 Å². The van der Waals surface area contributed by atoms with Crippen molar-refractivity contribution in [2.75, 3.05) is 19.0 Å². The first-order valence-corrected chi connectivity index (χ1v) is 7.04. The van der Waals surface area contributed by atoms with E-state index in [1.807, 2.05) is 6.07 Å². The number of nitrogens with zero attached hydrogens (tertiary/aromatic N) is 3. The van der Waals surface area contributed by atoms with Crippen molar-refractivity contribution in [2.45, 2.75) is 6.61 Å². The third kappa shape index (κ3) is 3.87. The fraction of sp³-hybridized carbons (Fsp3) is 0.176. The minimum Gasteiger partial charge on any atom is -0.457 e. The Morgan fingerprint density at radius 2 is 2.04 bits per heavy atom. The minimum absolute atomic E-state index is 0.0163. The number of nitriles is 1. The van der Waals surface area contributed by atoms with E-state index >= 15 is 0 Å². The van der Waals surface area contributed by atoms with Gasteiger partial charge in [0.05, 0.1) is 22.1 Å². The standard InChI is InChI=1S/C17H15N3O4/c1-19(2)15-7-6-14(9-16(15)20(22)23)17(21)24-11-13-5-3-4-12(8-13)10-18/h3-9H,11H2,1-2H3. The predicted molar refractivity (Wildman–Crippen MR) is 87.7 cm³/mol. The molecule has 7 heteroatoms. The zero-order chi connectivity index (χ0) is 17.7. The minimum atomic E-state index is -0.661. The quantitative estimate of drug-likeness (QED) is 0.476. The van der Waals surface area contributed by atoms with Crippen molar-refractivity contribution >= 4 is 17.3 Å². The summed E-state index contributed by atoms with van der Waals surface area (Å²) in [6.07, 6.45) is 0. The van der Waals surface area contributed by atoms with Crippen molar-refractivity contribution in [3.8, 4) is 6.07 Å². The van der Waals surface area contributed by atoms with E-state index in [2.05, 4.69) is 0 Å². The smallest absolute Gasteiger partial charge is 0.338 e. The Balaban J connectivity index is 2.16. The maximum Gasteiger partial charge on any atom is 0.338 e. The van der Waals surface area contributed by atoms with Crippen molar-refractivity contribution in [2.24, 2.45) is 0 Å². The molecule has 0 saturated carbocycles. The SMILES string of the molecule is CN(C)c1ccc(C(=O)OCc2cccc(C#N)c2)cc1[N+](=O)[O-]. The Morgan fingerprint density at radius 3 is 2.67 bits per heavy atom. The molecule has 0 radical (unpaired) electrons. The van der Waals surface area contributed by atoms with E-state index < -0.39 is 10.9 Å². The number of nitro groups is 1. The number of ether oxygens (including phenoxy) is 1. The molecule has 0 aromatic heterocycles. The molecule has 0 aliphatic rings. The summed E-state index contributed by atoms with van der Waals surface area (Å²) < 4.78 is 5.16. The van der Waals surface area contributed by atoms with Gasteiger partial charge in [-0.05, 0) is 29.8 Å². The molecule has 0 saturated heterocycles. The molecule has 0 bridgehead atoms. The molecular formula is C17H15N3O4. The molecule has 2 aromatic carbocycles. The van der Waals surface area contributed by atoms with Crippen LogP contribution in [0.2, 0.25) is 0 Å². The Bertz CT molecular complexity index is 825. The number of carbonyl (C=O) groups excluding carboxylic acids is 1. The van der Waals surface area contributed by atoms with Crippen LogP contribution in [0.4, 0.5) is 11.4 Å². The summed E-state index contributed by atoms with van der Waals surface area (Å²) in [6, 6.07) is 12.9. The van der Waals surface area contributed by atoms with Gasteiger partial charge in [0.15, 0.2) is 0 Å². The van der Waals surface area contributed by atoms with Crippen molar-refractivity contribution < 1.29 is 14.5 Å².